The molecule has 0 aliphatic heterocycles. The second kappa shape index (κ2) is 6.03. The lowest BCUT2D eigenvalue weighted by molar-refractivity contribution is 0.602. The third kappa shape index (κ3) is 2.99. The number of sulfone groups is 1. The van der Waals surface area contributed by atoms with Gasteiger partial charge in [0.25, 0.3) is 0 Å². The molecule has 120 valence electrons. The molecule has 4 rings (SSSR count). The fourth-order valence-electron chi connectivity index (χ4n) is 2.47. The topological polar surface area (TPSA) is 39.1 Å². The molecule has 3 nitrogen and oxygen atoms in total. The lowest BCUT2D eigenvalue weighted by Crippen LogP contribution is -1.97. The van der Waals surface area contributed by atoms with Gasteiger partial charge in [0.15, 0.2) is 9.84 Å². The molecule has 0 bridgehead atoms. The maximum absolute atomic E-state index is 11.4. The van der Waals surface area contributed by atoms with Crippen molar-refractivity contribution in [2.24, 2.45) is 0 Å². The van der Waals surface area contributed by atoms with Gasteiger partial charge in [-0.1, -0.05) is 42.8 Å². The molecule has 24 heavy (non-hydrogen) atoms. The zero-order valence-electron chi connectivity index (χ0n) is 13.5. The van der Waals surface area contributed by atoms with Crippen molar-refractivity contribution in [3.05, 3.63) is 66.4 Å². The van der Waals surface area contributed by atoms with E-state index in [-0.39, 0.29) is 0 Å². The van der Waals surface area contributed by atoms with Gasteiger partial charge in [-0.3, -0.25) is 4.57 Å². The highest BCUT2D eigenvalue weighted by Crippen LogP contribution is 2.29. The first-order valence-corrected chi connectivity index (χ1v) is 9.35. The summed E-state index contributed by atoms with van der Waals surface area (Å²) >= 11 is 0. The summed E-state index contributed by atoms with van der Waals surface area (Å²) in [5.74, 6) is 0. The summed E-state index contributed by atoms with van der Waals surface area (Å²) in [7, 11) is -3.16. The molecule has 1 aromatic heterocycles. The van der Waals surface area contributed by atoms with Gasteiger partial charge in [-0.05, 0) is 47.9 Å². The quantitative estimate of drug-likeness (QED) is 0.520. The molecular weight excluding hydrogens is 318 g/mol. The van der Waals surface area contributed by atoms with Crippen LogP contribution in [0.1, 0.15) is 5.69 Å². The molecule has 0 atom stereocenters. The van der Waals surface area contributed by atoms with Crippen molar-refractivity contribution >= 4 is 9.84 Å². The SMILES string of the molecule is C#Cn1c(C)ccc1-c1ccc(S(C)(=O)=O)cc1.c1cc2ccc1-2. The summed E-state index contributed by atoms with van der Waals surface area (Å²) in [5.41, 5.74) is 5.60. The third-order valence-corrected chi connectivity index (χ3v) is 5.13. The van der Waals surface area contributed by atoms with Crippen LogP contribution in [-0.4, -0.2) is 19.2 Å². The standard InChI is InChI=1S/C14H13NO2S.C6H4/c1-4-15-11(2)5-10-14(15)12-6-8-13(9-7-12)18(3,16)17;1-2-6-4-3-5(1)6/h1,5-10H,2-3H3;1-4H. The summed E-state index contributed by atoms with van der Waals surface area (Å²) < 4.78 is 24.5. The van der Waals surface area contributed by atoms with Crippen LogP contribution in [0, 0.1) is 19.4 Å². The number of hydrogen-bond acceptors (Lipinski definition) is 2. The van der Waals surface area contributed by atoms with Crippen molar-refractivity contribution in [3.8, 4) is 34.9 Å². The van der Waals surface area contributed by atoms with Crippen LogP contribution in [0.2, 0.25) is 0 Å². The number of hydrogen-bond donors (Lipinski definition) is 0. The van der Waals surface area contributed by atoms with Crippen LogP contribution >= 0.6 is 0 Å². The van der Waals surface area contributed by atoms with E-state index in [1.165, 1.54) is 17.4 Å². The lowest BCUT2D eigenvalue weighted by atomic mass is 9.95. The minimum Gasteiger partial charge on any atom is -0.274 e. The van der Waals surface area contributed by atoms with E-state index < -0.39 is 9.84 Å². The van der Waals surface area contributed by atoms with Crippen LogP contribution in [0.25, 0.3) is 22.4 Å². The molecule has 2 aliphatic carbocycles. The first-order valence-electron chi connectivity index (χ1n) is 7.46. The van der Waals surface area contributed by atoms with Gasteiger partial charge < -0.3 is 0 Å². The summed E-state index contributed by atoms with van der Waals surface area (Å²) in [6.45, 7) is 1.92. The van der Waals surface area contributed by atoms with Gasteiger partial charge in [0.1, 0.15) is 0 Å². The van der Waals surface area contributed by atoms with Crippen LogP contribution in [0.3, 0.4) is 0 Å². The molecule has 0 spiro atoms. The summed E-state index contributed by atoms with van der Waals surface area (Å²) in [6, 6.07) is 21.6. The van der Waals surface area contributed by atoms with E-state index in [1.54, 1.807) is 28.8 Å². The number of aryl methyl sites for hydroxylation is 1. The molecule has 2 aromatic rings. The second-order valence-corrected chi connectivity index (χ2v) is 7.71. The van der Waals surface area contributed by atoms with E-state index in [0.29, 0.717) is 4.90 Å². The molecule has 1 aromatic carbocycles. The molecule has 0 unspecified atom stereocenters. The molecule has 0 amide bonds. The van der Waals surface area contributed by atoms with Crippen molar-refractivity contribution in [2.75, 3.05) is 6.26 Å². The highest BCUT2D eigenvalue weighted by molar-refractivity contribution is 7.90. The van der Waals surface area contributed by atoms with Crippen molar-refractivity contribution < 1.29 is 8.42 Å². The summed E-state index contributed by atoms with van der Waals surface area (Å²) in [6.07, 6.45) is 6.64. The largest absolute Gasteiger partial charge is 0.274 e. The number of nitrogens with zero attached hydrogens (tertiary/aromatic N) is 1. The van der Waals surface area contributed by atoms with Crippen molar-refractivity contribution in [3.63, 3.8) is 0 Å². The molecule has 1 heterocycles. The summed E-state index contributed by atoms with van der Waals surface area (Å²) in [5, 5.41) is 0. The fraction of sp³-hybridized carbons (Fsp3) is 0.100. The molecule has 0 N–H and O–H groups in total. The molecule has 0 saturated heterocycles. The molecule has 4 heteroatoms. The van der Waals surface area contributed by atoms with Gasteiger partial charge in [0, 0.05) is 18.0 Å². The fourth-order valence-corrected chi connectivity index (χ4v) is 3.10. The van der Waals surface area contributed by atoms with E-state index in [9.17, 15) is 8.42 Å². The van der Waals surface area contributed by atoms with E-state index in [1.807, 2.05) is 19.1 Å². The minimum absolute atomic E-state index is 0.307. The van der Waals surface area contributed by atoms with Gasteiger partial charge in [0.05, 0.1) is 10.6 Å². The Bertz CT molecular complexity index is 998. The number of fused-ring (bicyclic) bond motifs is 1. The minimum atomic E-state index is -3.16. The number of rotatable bonds is 2. The highest BCUT2D eigenvalue weighted by Gasteiger charge is 2.09. The number of terminal acetylenes is 1. The van der Waals surface area contributed by atoms with E-state index in [0.717, 1.165) is 17.0 Å². The van der Waals surface area contributed by atoms with Crippen molar-refractivity contribution in [1.82, 2.24) is 4.57 Å². The Morgan fingerprint density at radius 3 is 1.71 bits per heavy atom. The zero-order valence-corrected chi connectivity index (χ0v) is 14.3. The Morgan fingerprint density at radius 1 is 0.833 bits per heavy atom. The van der Waals surface area contributed by atoms with Gasteiger partial charge in [-0.15, -0.1) is 0 Å². The monoisotopic (exact) mass is 335 g/mol. The average Bonchev–Trinajstić information content (AvgIpc) is 2.91. The van der Waals surface area contributed by atoms with Crippen molar-refractivity contribution in [1.29, 1.82) is 0 Å². The third-order valence-electron chi connectivity index (χ3n) is 4.00. The molecule has 2 aliphatic rings. The van der Waals surface area contributed by atoms with Crippen LogP contribution in [0.5, 0.6) is 0 Å². The predicted octanol–water partition coefficient (Wildman–Crippen LogP) is 3.97. The lowest BCUT2D eigenvalue weighted by Gasteiger charge is -2.10. The Balaban J connectivity index is 0.000000231. The van der Waals surface area contributed by atoms with E-state index >= 15 is 0 Å². The Hall–Kier alpha value is -2.77. The first-order chi connectivity index (χ1) is 11.4. The van der Waals surface area contributed by atoms with Gasteiger partial charge in [-0.2, -0.15) is 0 Å². The van der Waals surface area contributed by atoms with E-state index in [4.69, 9.17) is 6.42 Å². The number of aromatic nitrogens is 1. The summed E-state index contributed by atoms with van der Waals surface area (Å²) in [4.78, 5) is 0.307. The Labute approximate surface area is 142 Å². The van der Waals surface area contributed by atoms with Crippen LogP contribution in [0.4, 0.5) is 0 Å². The molecule has 0 fully saturated rings. The number of benzene rings is 2. The normalized spacial score (nSPS) is 11.2. The first kappa shape index (κ1) is 16.1. The smallest absolute Gasteiger partial charge is 0.175 e. The Morgan fingerprint density at radius 2 is 1.33 bits per heavy atom. The maximum Gasteiger partial charge on any atom is 0.175 e. The van der Waals surface area contributed by atoms with Gasteiger partial charge in [0.2, 0.25) is 0 Å². The van der Waals surface area contributed by atoms with Crippen LogP contribution < -0.4 is 0 Å². The Kier molecular flexibility index (Phi) is 4.04. The molecular formula is C20H17NO2S. The maximum atomic E-state index is 11.4. The van der Waals surface area contributed by atoms with Crippen LogP contribution in [-0.2, 0) is 9.84 Å². The van der Waals surface area contributed by atoms with Crippen LogP contribution in [0.15, 0.2) is 65.6 Å². The highest BCUT2D eigenvalue weighted by atomic mass is 32.2. The molecule has 0 radical (unpaired) electrons. The van der Waals surface area contributed by atoms with Crippen molar-refractivity contribution in [2.45, 2.75) is 11.8 Å². The molecule has 0 saturated carbocycles. The van der Waals surface area contributed by atoms with Gasteiger partial charge >= 0.3 is 0 Å². The zero-order chi connectivity index (χ0) is 17.3. The predicted molar refractivity (Wildman–Crippen MR) is 97.4 cm³/mol. The average molecular weight is 335 g/mol. The van der Waals surface area contributed by atoms with Gasteiger partial charge in [-0.25, -0.2) is 8.42 Å². The second-order valence-electron chi connectivity index (χ2n) is 5.70. The van der Waals surface area contributed by atoms with E-state index in [2.05, 4.69) is 30.3 Å².